The Kier molecular flexibility index (Phi) is 6.05. The van der Waals surface area contributed by atoms with Gasteiger partial charge in [0.15, 0.2) is 0 Å². The molecule has 21 heavy (non-hydrogen) atoms. The number of hydrogen-bond donors (Lipinski definition) is 1. The van der Waals surface area contributed by atoms with Crippen LogP contribution in [0, 0.1) is 0 Å². The molecule has 0 radical (unpaired) electrons. The summed E-state index contributed by atoms with van der Waals surface area (Å²) >= 11 is 0. The van der Waals surface area contributed by atoms with Crippen molar-refractivity contribution in [3.8, 4) is 0 Å². The summed E-state index contributed by atoms with van der Waals surface area (Å²) in [6, 6.07) is 3.20. The number of amides is 1. The number of benzene rings is 1. The molecule has 0 aliphatic rings. The highest BCUT2D eigenvalue weighted by Crippen LogP contribution is 2.32. The first-order valence-electron chi connectivity index (χ1n) is 7.03. The van der Waals surface area contributed by atoms with Crippen LogP contribution in [-0.2, 0) is 6.18 Å². The summed E-state index contributed by atoms with van der Waals surface area (Å²) in [6.45, 7) is 4.93. The van der Waals surface area contributed by atoms with Crippen LogP contribution in [-0.4, -0.2) is 30.9 Å². The Morgan fingerprint density at radius 2 is 1.76 bits per heavy atom. The van der Waals surface area contributed by atoms with Gasteiger partial charge in [-0.3, -0.25) is 4.79 Å². The quantitative estimate of drug-likeness (QED) is 0.861. The second-order valence-electron chi connectivity index (χ2n) is 4.80. The van der Waals surface area contributed by atoms with E-state index in [-0.39, 0.29) is 11.5 Å². The molecule has 0 heterocycles. The summed E-state index contributed by atoms with van der Waals surface area (Å²) < 4.78 is 38.5. The first-order chi connectivity index (χ1) is 9.85. The van der Waals surface area contributed by atoms with Crippen molar-refractivity contribution in [3.63, 3.8) is 0 Å². The fraction of sp³-hybridized carbons (Fsp3) is 0.533. The molecule has 3 nitrogen and oxygen atoms in total. The normalized spacial score (nSPS) is 11.3. The van der Waals surface area contributed by atoms with E-state index in [1.165, 1.54) is 6.07 Å². The van der Waals surface area contributed by atoms with Gasteiger partial charge < -0.3 is 10.2 Å². The number of halogens is 3. The molecule has 0 saturated carbocycles. The highest BCUT2D eigenvalue weighted by Gasteiger charge is 2.32. The van der Waals surface area contributed by atoms with Crippen LogP contribution in [0.5, 0.6) is 0 Å². The van der Waals surface area contributed by atoms with Gasteiger partial charge in [0, 0.05) is 25.8 Å². The fourth-order valence-corrected chi connectivity index (χ4v) is 2.14. The van der Waals surface area contributed by atoms with E-state index in [0.717, 1.165) is 25.0 Å². The summed E-state index contributed by atoms with van der Waals surface area (Å²) in [7, 11) is 1.59. The van der Waals surface area contributed by atoms with Crippen LogP contribution in [0.25, 0.3) is 0 Å². The maximum atomic E-state index is 12.8. The monoisotopic (exact) mass is 302 g/mol. The zero-order chi connectivity index (χ0) is 16.0. The maximum absolute atomic E-state index is 12.8. The second-order valence-corrected chi connectivity index (χ2v) is 4.80. The van der Waals surface area contributed by atoms with Crippen molar-refractivity contribution in [2.45, 2.75) is 32.9 Å². The van der Waals surface area contributed by atoms with Crippen molar-refractivity contribution in [2.24, 2.45) is 0 Å². The summed E-state index contributed by atoms with van der Waals surface area (Å²) in [4.78, 5) is 14.1. The van der Waals surface area contributed by atoms with E-state index < -0.39 is 11.7 Å². The van der Waals surface area contributed by atoms with E-state index in [2.05, 4.69) is 5.32 Å². The Morgan fingerprint density at radius 1 is 1.19 bits per heavy atom. The van der Waals surface area contributed by atoms with E-state index in [1.807, 2.05) is 13.8 Å². The molecule has 118 valence electrons. The standard InChI is InChI=1S/C15H21F3N2O/c1-4-8-20(9-5-2)14(21)12-10-11(15(16,17)18)6-7-13(12)19-3/h6-7,10,19H,4-5,8-9H2,1-3H3. The average Bonchev–Trinajstić information content (AvgIpc) is 2.44. The minimum atomic E-state index is -4.46. The van der Waals surface area contributed by atoms with Crippen molar-refractivity contribution >= 4 is 11.6 Å². The van der Waals surface area contributed by atoms with Crippen LogP contribution >= 0.6 is 0 Å². The van der Waals surface area contributed by atoms with E-state index in [9.17, 15) is 18.0 Å². The molecule has 0 spiro atoms. The number of hydrogen-bond acceptors (Lipinski definition) is 2. The first-order valence-corrected chi connectivity index (χ1v) is 7.03. The Balaban J connectivity index is 3.21. The van der Waals surface area contributed by atoms with Gasteiger partial charge in [0.1, 0.15) is 0 Å². The molecule has 1 aromatic rings. The number of nitrogens with zero attached hydrogens (tertiary/aromatic N) is 1. The number of nitrogens with one attached hydrogen (secondary N) is 1. The molecule has 0 unspecified atom stereocenters. The zero-order valence-corrected chi connectivity index (χ0v) is 12.5. The van der Waals surface area contributed by atoms with Crippen molar-refractivity contribution in [3.05, 3.63) is 29.3 Å². The average molecular weight is 302 g/mol. The Hall–Kier alpha value is -1.72. The van der Waals surface area contributed by atoms with Crippen molar-refractivity contribution in [2.75, 3.05) is 25.5 Å². The maximum Gasteiger partial charge on any atom is 0.416 e. The molecule has 0 aliphatic heterocycles. The lowest BCUT2D eigenvalue weighted by Crippen LogP contribution is -2.33. The number of rotatable bonds is 6. The number of carbonyl (C=O) groups excluding carboxylic acids is 1. The number of alkyl halides is 3. The van der Waals surface area contributed by atoms with Crippen LogP contribution in [0.3, 0.4) is 0 Å². The van der Waals surface area contributed by atoms with Gasteiger partial charge in [-0.1, -0.05) is 13.8 Å². The highest BCUT2D eigenvalue weighted by atomic mass is 19.4. The minimum absolute atomic E-state index is 0.0641. The third-order valence-electron chi connectivity index (χ3n) is 3.12. The largest absolute Gasteiger partial charge is 0.416 e. The summed E-state index contributed by atoms with van der Waals surface area (Å²) in [5.74, 6) is -0.367. The Labute approximate surface area is 123 Å². The van der Waals surface area contributed by atoms with Crippen molar-refractivity contribution in [1.82, 2.24) is 4.90 Å². The molecule has 0 bridgehead atoms. The summed E-state index contributed by atoms with van der Waals surface area (Å²) in [5.41, 5.74) is -0.336. The van der Waals surface area contributed by atoms with Gasteiger partial charge in [0.25, 0.3) is 5.91 Å². The molecular weight excluding hydrogens is 281 g/mol. The fourth-order valence-electron chi connectivity index (χ4n) is 2.14. The van der Waals surface area contributed by atoms with Crippen molar-refractivity contribution in [1.29, 1.82) is 0 Å². The molecule has 0 fully saturated rings. The van der Waals surface area contributed by atoms with Crippen LogP contribution in [0.15, 0.2) is 18.2 Å². The van der Waals surface area contributed by atoms with Gasteiger partial charge in [0.2, 0.25) is 0 Å². The van der Waals surface area contributed by atoms with E-state index in [0.29, 0.717) is 18.8 Å². The third kappa shape index (κ3) is 4.37. The molecule has 1 amide bonds. The predicted molar refractivity (Wildman–Crippen MR) is 77.5 cm³/mol. The minimum Gasteiger partial charge on any atom is -0.387 e. The van der Waals surface area contributed by atoms with E-state index in [1.54, 1.807) is 11.9 Å². The van der Waals surface area contributed by atoms with E-state index >= 15 is 0 Å². The molecule has 6 heteroatoms. The molecule has 0 aromatic heterocycles. The molecule has 0 atom stereocenters. The zero-order valence-electron chi connectivity index (χ0n) is 12.5. The lowest BCUT2D eigenvalue weighted by molar-refractivity contribution is -0.137. The van der Waals surface area contributed by atoms with Crippen LogP contribution < -0.4 is 5.32 Å². The van der Waals surface area contributed by atoms with Gasteiger partial charge in [-0.2, -0.15) is 13.2 Å². The smallest absolute Gasteiger partial charge is 0.387 e. The molecule has 1 rings (SSSR count). The number of carbonyl (C=O) groups is 1. The SMILES string of the molecule is CCCN(CCC)C(=O)c1cc(C(F)(F)F)ccc1NC. The molecule has 1 N–H and O–H groups in total. The van der Waals surface area contributed by atoms with Gasteiger partial charge >= 0.3 is 6.18 Å². The Bertz CT molecular complexity index is 480. The van der Waals surface area contributed by atoms with Gasteiger partial charge in [-0.05, 0) is 31.0 Å². The number of anilines is 1. The molecule has 0 saturated heterocycles. The first kappa shape index (κ1) is 17.3. The van der Waals surface area contributed by atoms with Gasteiger partial charge in [-0.25, -0.2) is 0 Å². The van der Waals surface area contributed by atoms with Crippen LogP contribution in [0.1, 0.15) is 42.6 Å². The van der Waals surface area contributed by atoms with Gasteiger partial charge in [-0.15, -0.1) is 0 Å². The summed E-state index contributed by atoms with van der Waals surface area (Å²) in [6.07, 6.45) is -2.93. The molecule has 1 aromatic carbocycles. The van der Waals surface area contributed by atoms with Crippen LogP contribution in [0.2, 0.25) is 0 Å². The molecule has 0 aliphatic carbocycles. The topological polar surface area (TPSA) is 32.3 Å². The van der Waals surface area contributed by atoms with E-state index in [4.69, 9.17) is 0 Å². The highest BCUT2D eigenvalue weighted by molar-refractivity contribution is 5.99. The predicted octanol–water partition coefficient (Wildman–Crippen LogP) is 4.01. The Morgan fingerprint density at radius 3 is 2.19 bits per heavy atom. The summed E-state index contributed by atoms with van der Waals surface area (Å²) in [5, 5.41) is 2.78. The lowest BCUT2D eigenvalue weighted by Gasteiger charge is -2.23. The van der Waals surface area contributed by atoms with Gasteiger partial charge in [0.05, 0.1) is 11.1 Å². The van der Waals surface area contributed by atoms with Crippen LogP contribution in [0.4, 0.5) is 18.9 Å². The third-order valence-corrected chi connectivity index (χ3v) is 3.12. The second kappa shape index (κ2) is 7.33. The lowest BCUT2D eigenvalue weighted by atomic mass is 10.1. The molecular formula is C15H21F3N2O. The van der Waals surface area contributed by atoms with Crippen molar-refractivity contribution < 1.29 is 18.0 Å².